The van der Waals surface area contributed by atoms with E-state index in [9.17, 15) is 24.9 Å². The number of hydrogen-bond acceptors (Lipinski definition) is 7. The van der Waals surface area contributed by atoms with Crippen LogP contribution in [0.5, 0.6) is 0 Å². The molecule has 1 aliphatic rings. The zero-order valence-electron chi connectivity index (χ0n) is 23.8. The highest BCUT2D eigenvalue weighted by atomic mass is 16.6. The summed E-state index contributed by atoms with van der Waals surface area (Å²) in [7, 11) is 0. The van der Waals surface area contributed by atoms with Gasteiger partial charge in [-0.15, -0.1) is 0 Å². The maximum atomic E-state index is 11.5. The minimum atomic E-state index is -0.878. The SMILES string of the molecule is C=C/C=C\[C@H](C)[C@H](OC(N)=O)[C@@H](C)[C@H](O)[C@@H](C)C/C(C)=C\[C@H](C)[C@@H](O)[C@@H](C)/C=C\[C@@H](O)C[C@H]1CCC(=O)O1. The first-order chi connectivity index (χ1) is 17.8. The molecule has 1 heterocycles. The molecule has 38 heavy (non-hydrogen) atoms. The normalized spacial score (nSPS) is 23.8. The van der Waals surface area contributed by atoms with Crippen LogP contribution in [0, 0.1) is 29.6 Å². The topological polar surface area (TPSA) is 139 Å². The second kappa shape index (κ2) is 16.5. The minimum Gasteiger partial charge on any atom is -0.462 e. The molecule has 8 heteroatoms. The first-order valence-corrected chi connectivity index (χ1v) is 13.6. The third-order valence-electron chi connectivity index (χ3n) is 7.34. The zero-order chi connectivity index (χ0) is 29.0. The van der Waals surface area contributed by atoms with Crippen molar-refractivity contribution in [3.05, 3.63) is 48.6 Å². The Hall–Kier alpha value is -2.42. The summed E-state index contributed by atoms with van der Waals surface area (Å²) in [4.78, 5) is 22.7. The van der Waals surface area contributed by atoms with E-state index in [1.807, 2.05) is 53.7 Å². The molecule has 0 aromatic rings. The number of amides is 1. The second-order valence-corrected chi connectivity index (χ2v) is 11.0. The summed E-state index contributed by atoms with van der Waals surface area (Å²) < 4.78 is 10.5. The maximum Gasteiger partial charge on any atom is 0.404 e. The summed E-state index contributed by atoms with van der Waals surface area (Å²) >= 11 is 0. The Morgan fingerprint density at radius 3 is 2.29 bits per heavy atom. The van der Waals surface area contributed by atoms with Crippen molar-refractivity contribution < 1.29 is 34.4 Å². The number of nitrogens with two attached hydrogens (primary N) is 1. The van der Waals surface area contributed by atoms with Crippen LogP contribution in [0.25, 0.3) is 0 Å². The number of allylic oxidation sites excluding steroid dienone is 3. The molecule has 0 radical (unpaired) electrons. The number of ether oxygens (including phenoxy) is 2. The lowest BCUT2D eigenvalue weighted by Gasteiger charge is -2.33. The largest absolute Gasteiger partial charge is 0.462 e. The average molecular weight is 536 g/mol. The van der Waals surface area contributed by atoms with Gasteiger partial charge < -0.3 is 30.5 Å². The van der Waals surface area contributed by atoms with Crippen molar-refractivity contribution in [2.75, 3.05) is 0 Å². The van der Waals surface area contributed by atoms with E-state index >= 15 is 0 Å². The van der Waals surface area contributed by atoms with Gasteiger partial charge in [0.2, 0.25) is 0 Å². The molecule has 0 saturated carbocycles. The number of carbonyl (C=O) groups excluding carboxylic acids is 2. The minimum absolute atomic E-state index is 0.127. The summed E-state index contributed by atoms with van der Waals surface area (Å²) in [6, 6.07) is 0. The maximum absolute atomic E-state index is 11.5. The number of primary amides is 1. The third-order valence-corrected chi connectivity index (χ3v) is 7.34. The Morgan fingerprint density at radius 2 is 1.74 bits per heavy atom. The van der Waals surface area contributed by atoms with Crippen molar-refractivity contribution in [1.29, 1.82) is 0 Å². The van der Waals surface area contributed by atoms with E-state index in [4.69, 9.17) is 15.2 Å². The van der Waals surface area contributed by atoms with E-state index in [1.54, 1.807) is 24.3 Å². The molecule has 0 aliphatic carbocycles. The predicted molar refractivity (Wildman–Crippen MR) is 149 cm³/mol. The summed E-state index contributed by atoms with van der Waals surface area (Å²) in [5.41, 5.74) is 6.31. The monoisotopic (exact) mass is 535 g/mol. The van der Waals surface area contributed by atoms with E-state index in [-0.39, 0.29) is 41.7 Å². The lowest BCUT2D eigenvalue weighted by atomic mass is 9.81. The predicted octanol–water partition coefficient (Wildman–Crippen LogP) is 4.44. The second-order valence-electron chi connectivity index (χ2n) is 11.0. The molecule has 1 rings (SSSR count). The number of aliphatic hydroxyl groups is 3. The molecule has 5 N–H and O–H groups in total. The van der Waals surface area contributed by atoms with E-state index in [0.717, 1.165) is 5.57 Å². The summed E-state index contributed by atoms with van der Waals surface area (Å²) in [5, 5.41) is 32.1. The molecule has 8 nitrogen and oxygen atoms in total. The van der Waals surface area contributed by atoms with Crippen LogP contribution in [0.1, 0.15) is 67.2 Å². The molecular weight excluding hydrogens is 486 g/mol. The Morgan fingerprint density at radius 1 is 1.08 bits per heavy atom. The number of rotatable bonds is 16. The van der Waals surface area contributed by atoms with Crippen molar-refractivity contribution in [1.82, 2.24) is 0 Å². The van der Waals surface area contributed by atoms with Gasteiger partial charge in [-0.3, -0.25) is 4.79 Å². The highest BCUT2D eigenvalue weighted by Gasteiger charge is 2.33. The molecule has 0 spiro atoms. The number of aliphatic hydroxyl groups excluding tert-OH is 3. The summed E-state index contributed by atoms with van der Waals surface area (Å²) in [5.74, 6) is -1.23. The van der Waals surface area contributed by atoms with E-state index in [2.05, 4.69) is 6.58 Å². The molecule has 1 amide bonds. The van der Waals surface area contributed by atoms with Gasteiger partial charge in [-0.05, 0) is 25.7 Å². The molecule has 1 fully saturated rings. The lowest BCUT2D eigenvalue weighted by Crippen LogP contribution is -2.41. The van der Waals surface area contributed by atoms with Gasteiger partial charge in [0.1, 0.15) is 12.2 Å². The molecule has 1 saturated heterocycles. The lowest BCUT2D eigenvalue weighted by molar-refractivity contribution is -0.142. The van der Waals surface area contributed by atoms with Crippen LogP contribution in [0.15, 0.2) is 48.6 Å². The van der Waals surface area contributed by atoms with Crippen LogP contribution in [0.2, 0.25) is 0 Å². The standard InChI is InChI=1S/C30H49NO7/c1-8-9-10-20(4)29(38-30(31)36)23(7)28(35)22(6)16-18(2)15-21(5)27(34)19(3)11-12-24(32)17-25-13-14-26(33)37-25/h8-12,15,19-25,27-29,32,34-35H,1,13-14,16-17H2,2-7H3,(H2,31,36)/b10-9-,12-11-,18-15-/t19-,20-,21-,22-,23-,24+,25+,27-,28+,29-/m0/s1. The zero-order valence-corrected chi connectivity index (χ0v) is 23.8. The van der Waals surface area contributed by atoms with Gasteiger partial charge in [0, 0.05) is 36.5 Å². The van der Waals surface area contributed by atoms with Gasteiger partial charge in [0.25, 0.3) is 0 Å². The number of esters is 1. The van der Waals surface area contributed by atoms with E-state index in [0.29, 0.717) is 25.7 Å². The molecule has 1 aliphatic heterocycles. The van der Waals surface area contributed by atoms with Crippen LogP contribution in [-0.2, 0) is 14.3 Å². The highest BCUT2D eigenvalue weighted by Crippen LogP contribution is 2.29. The Balaban J connectivity index is 2.71. The van der Waals surface area contributed by atoms with E-state index < -0.39 is 30.5 Å². The Kier molecular flexibility index (Phi) is 14.6. The third kappa shape index (κ3) is 11.5. The van der Waals surface area contributed by atoms with Gasteiger partial charge in [0.15, 0.2) is 0 Å². The van der Waals surface area contributed by atoms with Crippen molar-refractivity contribution in [2.24, 2.45) is 35.3 Å². The fraction of sp³-hybridized carbons (Fsp3) is 0.667. The number of carbonyl (C=O) groups is 2. The van der Waals surface area contributed by atoms with Gasteiger partial charge in [-0.2, -0.15) is 0 Å². The average Bonchev–Trinajstić information content (AvgIpc) is 3.26. The molecule has 0 aromatic carbocycles. The molecule has 0 bridgehead atoms. The Bertz CT molecular complexity index is 852. The number of cyclic esters (lactones) is 1. The molecular formula is C30H49NO7. The summed E-state index contributed by atoms with van der Waals surface area (Å²) in [6.07, 6.45) is 8.82. The molecule has 0 unspecified atom stereocenters. The van der Waals surface area contributed by atoms with Gasteiger partial charge in [-0.25, -0.2) is 4.79 Å². The van der Waals surface area contributed by atoms with Crippen molar-refractivity contribution in [3.8, 4) is 0 Å². The Labute approximate surface area is 228 Å². The van der Waals surface area contributed by atoms with Crippen LogP contribution >= 0.6 is 0 Å². The van der Waals surface area contributed by atoms with Gasteiger partial charge in [-0.1, -0.05) is 83.2 Å². The van der Waals surface area contributed by atoms with Gasteiger partial charge in [0.05, 0.1) is 18.3 Å². The number of hydrogen-bond donors (Lipinski definition) is 4. The van der Waals surface area contributed by atoms with Crippen molar-refractivity contribution in [3.63, 3.8) is 0 Å². The first-order valence-electron chi connectivity index (χ1n) is 13.6. The van der Waals surface area contributed by atoms with Crippen LogP contribution in [-0.4, -0.2) is 57.9 Å². The quantitative estimate of drug-likeness (QED) is 0.130. The smallest absolute Gasteiger partial charge is 0.404 e. The molecule has 216 valence electrons. The van der Waals surface area contributed by atoms with Crippen molar-refractivity contribution >= 4 is 12.1 Å². The summed E-state index contributed by atoms with van der Waals surface area (Å²) in [6.45, 7) is 15.1. The fourth-order valence-electron chi connectivity index (χ4n) is 5.14. The van der Waals surface area contributed by atoms with Crippen LogP contribution in [0.3, 0.4) is 0 Å². The molecule has 10 atom stereocenters. The van der Waals surface area contributed by atoms with Crippen LogP contribution in [0.4, 0.5) is 4.79 Å². The molecule has 0 aromatic heterocycles. The van der Waals surface area contributed by atoms with Crippen LogP contribution < -0.4 is 5.73 Å². The van der Waals surface area contributed by atoms with Gasteiger partial charge >= 0.3 is 12.1 Å². The first kappa shape index (κ1) is 33.6. The van der Waals surface area contributed by atoms with E-state index in [1.165, 1.54) is 0 Å². The van der Waals surface area contributed by atoms with Crippen molar-refractivity contribution in [2.45, 2.75) is 97.7 Å². The highest BCUT2D eigenvalue weighted by molar-refractivity contribution is 5.71. The fourth-order valence-corrected chi connectivity index (χ4v) is 5.14.